The molecule has 0 N–H and O–H groups in total. The minimum Gasteiger partial charge on any atom is -0.244 e. The molecule has 9 heavy (non-hydrogen) atoms. The van der Waals surface area contributed by atoms with Crippen molar-refractivity contribution in [1.29, 1.82) is 0 Å². The van der Waals surface area contributed by atoms with Crippen molar-refractivity contribution in [1.82, 2.24) is 0 Å². The Bertz CT molecular complexity index is 82.9. The topological polar surface area (TPSA) is 0 Å². The number of hydrogen-bond acceptors (Lipinski definition) is 0. The molecule has 1 rings (SSSR count). The molecule has 3 atom stereocenters. The highest BCUT2D eigenvalue weighted by Gasteiger charge is 2.32. The van der Waals surface area contributed by atoms with Gasteiger partial charge in [-0.2, -0.15) is 0 Å². The van der Waals surface area contributed by atoms with Gasteiger partial charge in [-0.1, -0.05) is 13.3 Å². The van der Waals surface area contributed by atoms with Crippen molar-refractivity contribution in [3.8, 4) is 0 Å². The van der Waals surface area contributed by atoms with Gasteiger partial charge in [0.1, 0.15) is 12.3 Å². The molecule has 0 radical (unpaired) electrons. The van der Waals surface area contributed by atoms with Gasteiger partial charge in [-0.25, -0.2) is 8.78 Å². The average Bonchev–Trinajstić information content (AvgIpc) is 2.13. The molecule has 0 heterocycles. The van der Waals surface area contributed by atoms with Gasteiger partial charge < -0.3 is 0 Å². The number of halogens is 2. The van der Waals surface area contributed by atoms with Gasteiger partial charge in [0.15, 0.2) is 0 Å². The van der Waals surface area contributed by atoms with Crippen LogP contribution >= 0.6 is 0 Å². The maximum Gasteiger partial charge on any atom is 0.131 e. The molecule has 0 saturated heterocycles. The van der Waals surface area contributed by atoms with Crippen LogP contribution in [0.3, 0.4) is 0 Å². The van der Waals surface area contributed by atoms with Gasteiger partial charge >= 0.3 is 0 Å². The molecule has 1 saturated carbocycles. The molecule has 0 aliphatic heterocycles. The molecule has 1 aliphatic carbocycles. The van der Waals surface area contributed by atoms with Gasteiger partial charge in [0, 0.05) is 0 Å². The summed E-state index contributed by atoms with van der Waals surface area (Å²) in [5.41, 5.74) is 0. The first kappa shape index (κ1) is 6.97. The van der Waals surface area contributed by atoms with E-state index in [9.17, 15) is 8.78 Å². The van der Waals surface area contributed by atoms with Crippen LogP contribution in [0.15, 0.2) is 0 Å². The largest absolute Gasteiger partial charge is 0.244 e. The van der Waals surface area contributed by atoms with E-state index < -0.39 is 12.3 Å². The van der Waals surface area contributed by atoms with Crippen LogP contribution in [-0.2, 0) is 0 Å². The highest BCUT2D eigenvalue weighted by Crippen LogP contribution is 2.32. The molecule has 1 aliphatic rings. The van der Waals surface area contributed by atoms with Crippen LogP contribution in [-0.4, -0.2) is 12.3 Å². The Hall–Kier alpha value is -0.140. The van der Waals surface area contributed by atoms with Gasteiger partial charge in [-0.15, -0.1) is 0 Å². The highest BCUT2D eigenvalue weighted by atomic mass is 19.2. The molecular formula is C7H12F2. The zero-order valence-corrected chi connectivity index (χ0v) is 5.61. The van der Waals surface area contributed by atoms with Crippen LogP contribution in [0.2, 0.25) is 0 Å². The molecule has 54 valence electrons. The third kappa shape index (κ3) is 1.41. The molecule has 0 aromatic carbocycles. The molecular weight excluding hydrogens is 122 g/mol. The van der Waals surface area contributed by atoms with E-state index in [4.69, 9.17) is 0 Å². The maximum absolute atomic E-state index is 12.4. The fraction of sp³-hybridized carbons (Fsp3) is 1.00. The summed E-state index contributed by atoms with van der Waals surface area (Å²) >= 11 is 0. The monoisotopic (exact) mass is 134 g/mol. The minimum absolute atomic E-state index is 0.301. The molecule has 0 spiro atoms. The van der Waals surface area contributed by atoms with E-state index >= 15 is 0 Å². The standard InChI is InChI=1S/C7H12F2/c1-2-5-3-6(8)7(9)4-5/h5-7H,2-4H2,1H3/t5?,6-,7+. The van der Waals surface area contributed by atoms with E-state index in [1.165, 1.54) is 0 Å². The predicted octanol–water partition coefficient (Wildman–Crippen LogP) is 2.48. The van der Waals surface area contributed by atoms with Crippen LogP contribution in [0.4, 0.5) is 8.78 Å². The van der Waals surface area contributed by atoms with Crippen molar-refractivity contribution in [3.63, 3.8) is 0 Å². The van der Waals surface area contributed by atoms with Crippen molar-refractivity contribution in [2.24, 2.45) is 5.92 Å². The van der Waals surface area contributed by atoms with Gasteiger partial charge in [0.05, 0.1) is 0 Å². The van der Waals surface area contributed by atoms with Crippen molar-refractivity contribution in [2.75, 3.05) is 0 Å². The summed E-state index contributed by atoms with van der Waals surface area (Å²) in [6, 6.07) is 0. The fourth-order valence-electron chi connectivity index (χ4n) is 1.36. The SMILES string of the molecule is CCC1C[C@@H](F)[C@@H](F)C1. The summed E-state index contributed by atoms with van der Waals surface area (Å²) in [4.78, 5) is 0. The maximum atomic E-state index is 12.4. The van der Waals surface area contributed by atoms with Crippen LogP contribution in [0.5, 0.6) is 0 Å². The van der Waals surface area contributed by atoms with E-state index in [1.54, 1.807) is 0 Å². The van der Waals surface area contributed by atoms with E-state index in [0.717, 1.165) is 6.42 Å². The first-order valence-electron chi connectivity index (χ1n) is 3.52. The second-order valence-electron chi connectivity index (χ2n) is 2.78. The van der Waals surface area contributed by atoms with Gasteiger partial charge in [-0.05, 0) is 18.8 Å². The molecule has 0 amide bonds. The smallest absolute Gasteiger partial charge is 0.131 e. The molecule has 0 aromatic heterocycles. The Kier molecular flexibility index (Phi) is 2.04. The number of alkyl halides is 2. The normalized spacial score (nSPS) is 43.7. The second kappa shape index (κ2) is 2.63. The van der Waals surface area contributed by atoms with Crippen LogP contribution in [0, 0.1) is 5.92 Å². The summed E-state index contributed by atoms with van der Waals surface area (Å²) in [5.74, 6) is 0.301. The summed E-state index contributed by atoms with van der Waals surface area (Å²) in [6.45, 7) is 1.98. The highest BCUT2D eigenvalue weighted by molar-refractivity contribution is 4.82. The van der Waals surface area contributed by atoms with Crippen LogP contribution < -0.4 is 0 Å². The van der Waals surface area contributed by atoms with Crippen molar-refractivity contribution >= 4 is 0 Å². The number of hydrogen-bond donors (Lipinski definition) is 0. The van der Waals surface area contributed by atoms with Crippen molar-refractivity contribution < 1.29 is 8.78 Å². The molecule has 1 unspecified atom stereocenters. The Morgan fingerprint density at radius 2 is 1.67 bits per heavy atom. The fourth-order valence-corrected chi connectivity index (χ4v) is 1.36. The number of rotatable bonds is 1. The van der Waals surface area contributed by atoms with Crippen LogP contribution in [0.25, 0.3) is 0 Å². The minimum atomic E-state index is -1.17. The molecule has 0 nitrogen and oxygen atoms in total. The molecule has 2 heteroatoms. The van der Waals surface area contributed by atoms with Crippen LogP contribution in [0.1, 0.15) is 26.2 Å². The molecule has 0 aromatic rings. The summed E-state index contributed by atoms with van der Waals surface area (Å²) in [6.07, 6.45) is -0.541. The zero-order chi connectivity index (χ0) is 6.85. The summed E-state index contributed by atoms with van der Waals surface area (Å²) < 4.78 is 24.8. The summed E-state index contributed by atoms with van der Waals surface area (Å²) in [7, 11) is 0. The van der Waals surface area contributed by atoms with E-state index in [0.29, 0.717) is 18.8 Å². The predicted molar refractivity (Wildman–Crippen MR) is 32.8 cm³/mol. The quantitative estimate of drug-likeness (QED) is 0.516. The molecule has 1 fully saturated rings. The van der Waals surface area contributed by atoms with E-state index in [1.807, 2.05) is 6.92 Å². The third-order valence-electron chi connectivity index (χ3n) is 2.09. The van der Waals surface area contributed by atoms with Crippen molar-refractivity contribution in [3.05, 3.63) is 0 Å². The summed E-state index contributed by atoms with van der Waals surface area (Å²) in [5, 5.41) is 0. The van der Waals surface area contributed by atoms with Crippen molar-refractivity contribution in [2.45, 2.75) is 38.5 Å². The molecule has 0 bridgehead atoms. The lowest BCUT2D eigenvalue weighted by Crippen LogP contribution is -2.06. The first-order chi connectivity index (χ1) is 4.24. The third-order valence-corrected chi connectivity index (χ3v) is 2.09. The average molecular weight is 134 g/mol. The Labute approximate surface area is 54.3 Å². The van der Waals surface area contributed by atoms with Gasteiger partial charge in [-0.3, -0.25) is 0 Å². The Morgan fingerprint density at radius 3 is 1.89 bits per heavy atom. The van der Waals surface area contributed by atoms with E-state index in [2.05, 4.69) is 0 Å². The first-order valence-corrected chi connectivity index (χ1v) is 3.52. The van der Waals surface area contributed by atoms with E-state index in [-0.39, 0.29) is 0 Å². The van der Waals surface area contributed by atoms with Gasteiger partial charge in [0.2, 0.25) is 0 Å². The zero-order valence-electron chi connectivity index (χ0n) is 5.61. The Morgan fingerprint density at radius 1 is 1.22 bits per heavy atom. The lowest BCUT2D eigenvalue weighted by Gasteiger charge is -2.00. The second-order valence-corrected chi connectivity index (χ2v) is 2.78. The lowest BCUT2D eigenvalue weighted by molar-refractivity contribution is 0.199. The Balaban J connectivity index is 2.35. The lowest BCUT2D eigenvalue weighted by atomic mass is 10.1. The van der Waals surface area contributed by atoms with Gasteiger partial charge in [0.25, 0.3) is 0 Å².